The minimum Gasteiger partial charge on any atom is -0.396 e. The fraction of sp³-hybridized carbons (Fsp3) is 1.00. The van der Waals surface area contributed by atoms with Crippen molar-refractivity contribution >= 4 is 0 Å². The number of aliphatic hydroxyl groups excluding tert-OH is 2. The van der Waals surface area contributed by atoms with Crippen molar-refractivity contribution in [1.82, 2.24) is 0 Å². The smallest absolute Gasteiger partial charge is 0.0587 e. The Morgan fingerprint density at radius 1 is 0.828 bits per heavy atom. The Bertz CT molecular complexity index is 561. The Morgan fingerprint density at radius 2 is 1.59 bits per heavy atom. The first-order valence-corrected chi connectivity index (χ1v) is 13.1. The molecule has 0 radical (unpaired) electrons. The third-order valence-electron chi connectivity index (χ3n) is 11.2. The van der Waals surface area contributed by atoms with Gasteiger partial charge in [0.25, 0.3) is 0 Å². The summed E-state index contributed by atoms with van der Waals surface area (Å²) in [7, 11) is 0. The van der Waals surface area contributed by atoms with Crippen molar-refractivity contribution in [2.45, 2.75) is 111 Å². The number of hydrogen-bond donors (Lipinski definition) is 2. The van der Waals surface area contributed by atoms with Crippen molar-refractivity contribution in [3.8, 4) is 0 Å². The lowest BCUT2D eigenvalue weighted by molar-refractivity contribution is -0.114. The molecule has 0 aliphatic heterocycles. The molecule has 2 N–H and O–H groups in total. The lowest BCUT2D eigenvalue weighted by atomic mass is 9.44. The van der Waals surface area contributed by atoms with Gasteiger partial charge >= 0.3 is 0 Å². The highest BCUT2D eigenvalue weighted by atomic mass is 16.3. The first-order chi connectivity index (χ1) is 13.8. The van der Waals surface area contributed by atoms with Crippen LogP contribution in [-0.4, -0.2) is 22.9 Å². The molecule has 168 valence electrons. The predicted octanol–water partition coefficient (Wildman–Crippen LogP) is 6.44. The Balaban J connectivity index is 1.44. The van der Waals surface area contributed by atoms with Crippen molar-refractivity contribution in [3.63, 3.8) is 0 Å². The summed E-state index contributed by atoms with van der Waals surface area (Å²) in [6, 6.07) is 0. The normalized spacial score (nSPS) is 47.6. The summed E-state index contributed by atoms with van der Waals surface area (Å²) in [5.74, 6) is 5.51. The molecule has 0 bridgehead atoms. The minimum atomic E-state index is -0.343. The standard InChI is InChI=1S/C27H48O2/c1-18(8-13-25(29)19(2)17-28)22-11-12-23-21-10-9-20-7-5-6-15-26(20,3)24(21)14-16-27(22,23)4/h18-25,28-29H,5-17H2,1-4H3/t18-,19?,20?,21+,22-,23+,24+,25+,26+,27-/m1/s1. The van der Waals surface area contributed by atoms with Gasteiger partial charge in [-0.15, -0.1) is 0 Å². The zero-order valence-electron chi connectivity index (χ0n) is 19.7. The van der Waals surface area contributed by atoms with Crippen molar-refractivity contribution in [1.29, 1.82) is 0 Å². The summed E-state index contributed by atoms with van der Waals surface area (Å²) in [4.78, 5) is 0. The lowest BCUT2D eigenvalue weighted by Gasteiger charge is -2.61. The van der Waals surface area contributed by atoms with Crippen molar-refractivity contribution in [2.75, 3.05) is 6.61 Å². The van der Waals surface area contributed by atoms with E-state index < -0.39 is 0 Å². The molecule has 0 aromatic heterocycles. The number of rotatable bonds is 6. The van der Waals surface area contributed by atoms with E-state index in [9.17, 15) is 10.2 Å². The van der Waals surface area contributed by atoms with Gasteiger partial charge in [-0.2, -0.15) is 0 Å². The van der Waals surface area contributed by atoms with Gasteiger partial charge in [0.2, 0.25) is 0 Å². The van der Waals surface area contributed by atoms with E-state index in [0.29, 0.717) is 16.7 Å². The summed E-state index contributed by atoms with van der Waals surface area (Å²) in [5, 5.41) is 19.7. The van der Waals surface area contributed by atoms with Crippen LogP contribution in [0, 0.1) is 52.3 Å². The van der Waals surface area contributed by atoms with Crippen LogP contribution in [-0.2, 0) is 0 Å². The highest BCUT2D eigenvalue weighted by Gasteiger charge is 2.60. The molecule has 10 atom stereocenters. The molecule has 4 aliphatic rings. The van der Waals surface area contributed by atoms with E-state index in [-0.39, 0.29) is 18.6 Å². The molecule has 0 heterocycles. The molecule has 0 aromatic rings. The van der Waals surface area contributed by atoms with Gasteiger partial charge in [-0.1, -0.05) is 40.5 Å². The van der Waals surface area contributed by atoms with Gasteiger partial charge in [-0.05, 0) is 111 Å². The summed E-state index contributed by atoms with van der Waals surface area (Å²) in [6.45, 7) is 9.87. The molecule has 0 aromatic carbocycles. The molecule has 4 rings (SSSR count). The van der Waals surface area contributed by atoms with Gasteiger partial charge in [0.15, 0.2) is 0 Å². The van der Waals surface area contributed by atoms with Gasteiger partial charge in [-0.3, -0.25) is 0 Å². The third-order valence-corrected chi connectivity index (χ3v) is 11.2. The fourth-order valence-corrected chi connectivity index (χ4v) is 9.31. The molecule has 4 saturated carbocycles. The van der Waals surface area contributed by atoms with E-state index in [0.717, 1.165) is 42.4 Å². The van der Waals surface area contributed by atoms with E-state index in [1.54, 1.807) is 0 Å². The molecule has 4 aliphatic carbocycles. The van der Waals surface area contributed by atoms with Gasteiger partial charge in [0.1, 0.15) is 0 Å². The van der Waals surface area contributed by atoms with Crippen molar-refractivity contribution in [3.05, 3.63) is 0 Å². The maximum absolute atomic E-state index is 10.3. The zero-order chi connectivity index (χ0) is 20.8. The van der Waals surface area contributed by atoms with Crippen LogP contribution in [0.2, 0.25) is 0 Å². The minimum absolute atomic E-state index is 0.0102. The monoisotopic (exact) mass is 404 g/mol. The van der Waals surface area contributed by atoms with Crippen LogP contribution in [0.4, 0.5) is 0 Å². The second-order valence-corrected chi connectivity index (χ2v) is 12.4. The molecular weight excluding hydrogens is 356 g/mol. The Labute approximate surface area is 180 Å². The maximum Gasteiger partial charge on any atom is 0.0587 e. The van der Waals surface area contributed by atoms with E-state index in [1.807, 2.05) is 6.92 Å². The van der Waals surface area contributed by atoms with Crippen molar-refractivity contribution < 1.29 is 10.2 Å². The Hall–Kier alpha value is -0.0800. The number of hydrogen-bond acceptors (Lipinski definition) is 2. The van der Waals surface area contributed by atoms with Crippen LogP contribution >= 0.6 is 0 Å². The molecule has 0 saturated heterocycles. The van der Waals surface area contributed by atoms with Crippen LogP contribution in [0.25, 0.3) is 0 Å². The molecule has 4 fully saturated rings. The first-order valence-electron chi connectivity index (χ1n) is 13.1. The van der Waals surface area contributed by atoms with Crippen LogP contribution in [0.5, 0.6) is 0 Å². The molecule has 2 heteroatoms. The highest BCUT2D eigenvalue weighted by Crippen LogP contribution is 2.68. The SMILES string of the molecule is CC(CO)[C@@H](O)CC[C@@H](C)[C@H]1CC[C@H]2[C@@H]3CCC4CCCC[C@]4(C)[C@H]3CC[C@]12C. The lowest BCUT2D eigenvalue weighted by Crippen LogP contribution is -2.53. The molecule has 0 amide bonds. The van der Waals surface area contributed by atoms with Gasteiger partial charge in [-0.25, -0.2) is 0 Å². The third kappa shape index (κ3) is 3.73. The summed E-state index contributed by atoms with van der Waals surface area (Å²) in [5.41, 5.74) is 1.18. The largest absolute Gasteiger partial charge is 0.396 e. The number of fused-ring (bicyclic) bond motifs is 5. The van der Waals surface area contributed by atoms with E-state index in [2.05, 4.69) is 20.8 Å². The molecule has 0 spiro atoms. The first kappa shape index (κ1) is 22.1. The Morgan fingerprint density at radius 3 is 2.34 bits per heavy atom. The topological polar surface area (TPSA) is 40.5 Å². The average molecular weight is 405 g/mol. The second-order valence-electron chi connectivity index (χ2n) is 12.4. The average Bonchev–Trinajstić information content (AvgIpc) is 3.08. The highest BCUT2D eigenvalue weighted by molar-refractivity contribution is 5.09. The molecule has 2 nitrogen and oxygen atoms in total. The van der Waals surface area contributed by atoms with Gasteiger partial charge < -0.3 is 10.2 Å². The van der Waals surface area contributed by atoms with E-state index in [1.165, 1.54) is 64.2 Å². The van der Waals surface area contributed by atoms with Gasteiger partial charge in [0, 0.05) is 12.5 Å². The van der Waals surface area contributed by atoms with Crippen LogP contribution in [0.3, 0.4) is 0 Å². The molecular formula is C27H48O2. The fourth-order valence-electron chi connectivity index (χ4n) is 9.31. The van der Waals surface area contributed by atoms with Crippen LogP contribution in [0.1, 0.15) is 105 Å². The Kier molecular flexibility index (Phi) is 6.45. The van der Waals surface area contributed by atoms with Gasteiger partial charge in [0.05, 0.1) is 6.10 Å². The summed E-state index contributed by atoms with van der Waals surface area (Å²) in [6.07, 6.45) is 16.4. The second kappa shape index (κ2) is 8.45. The summed E-state index contributed by atoms with van der Waals surface area (Å²) >= 11 is 0. The molecule has 2 unspecified atom stereocenters. The van der Waals surface area contributed by atoms with Crippen molar-refractivity contribution in [2.24, 2.45) is 52.3 Å². The van der Waals surface area contributed by atoms with E-state index >= 15 is 0 Å². The maximum atomic E-state index is 10.3. The van der Waals surface area contributed by atoms with Crippen LogP contribution < -0.4 is 0 Å². The quantitative estimate of drug-likeness (QED) is 0.534. The zero-order valence-corrected chi connectivity index (χ0v) is 19.7. The predicted molar refractivity (Wildman–Crippen MR) is 120 cm³/mol. The van der Waals surface area contributed by atoms with Crippen LogP contribution in [0.15, 0.2) is 0 Å². The van der Waals surface area contributed by atoms with E-state index in [4.69, 9.17) is 0 Å². The number of aliphatic hydroxyl groups is 2. The summed E-state index contributed by atoms with van der Waals surface area (Å²) < 4.78 is 0. The molecule has 29 heavy (non-hydrogen) atoms.